The summed E-state index contributed by atoms with van der Waals surface area (Å²) < 4.78 is 16.8. The predicted molar refractivity (Wildman–Crippen MR) is 297 cm³/mol. The van der Waals surface area contributed by atoms with Crippen LogP contribution in [-0.4, -0.2) is 37.2 Å². The van der Waals surface area contributed by atoms with Crippen LogP contribution >= 0.6 is 0 Å². The second kappa shape index (κ2) is 56.7. The smallest absolute Gasteiger partial charge is 0.306 e. The first-order valence-electron chi connectivity index (χ1n) is 28.4. The first-order valence-corrected chi connectivity index (χ1v) is 28.4. The number of esters is 3. The molecule has 0 amide bonds. The van der Waals surface area contributed by atoms with Crippen molar-refractivity contribution in [1.82, 2.24) is 0 Å². The van der Waals surface area contributed by atoms with Crippen LogP contribution in [0.3, 0.4) is 0 Å². The molecule has 0 saturated heterocycles. The Bertz CT molecular complexity index is 1420. The zero-order valence-electron chi connectivity index (χ0n) is 44.8. The van der Waals surface area contributed by atoms with Crippen molar-refractivity contribution in [1.29, 1.82) is 0 Å². The molecule has 6 heteroatoms. The van der Waals surface area contributed by atoms with Gasteiger partial charge in [-0.05, 0) is 116 Å². The summed E-state index contributed by atoms with van der Waals surface area (Å²) in [5.74, 6) is -0.944. The lowest BCUT2D eigenvalue weighted by Crippen LogP contribution is -2.30. The van der Waals surface area contributed by atoms with Gasteiger partial charge in [0.2, 0.25) is 0 Å². The Labute approximate surface area is 425 Å². The average molecular weight is 958 g/mol. The van der Waals surface area contributed by atoms with E-state index in [1.54, 1.807) is 0 Å². The number of allylic oxidation sites excluding steroid dienone is 18. The zero-order chi connectivity index (χ0) is 50.0. The van der Waals surface area contributed by atoms with Crippen LogP contribution in [0.25, 0.3) is 0 Å². The van der Waals surface area contributed by atoms with E-state index in [0.717, 1.165) is 141 Å². The first-order chi connectivity index (χ1) is 34.0. The van der Waals surface area contributed by atoms with Gasteiger partial charge >= 0.3 is 17.9 Å². The maximum absolute atomic E-state index is 12.8. The van der Waals surface area contributed by atoms with E-state index < -0.39 is 6.10 Å². The molecule has 6 nitrogen and oxygen atoms in total. The molecule has 0 heterocycles. The first kappa shape index (κ1) is 65.1. The van der Waals surface area contributed by atoms with E-state index in [-0.39, 0.29) is 37.5 Å². The fraction of sp³-hybridized carbons (Fsp3) is 0.667. The Kier molecular flexibility index (Phi) is 53.4. The maximum Gasteiger partial charge on any atom is 0.306 e. The summed E-state index contributed by atoms with van der Waals surface area (Å²) in [5.41, 5.74) is 0. The molecule has 0 aliphatic carbocycles. The molecular weight excluding hydrogens is 853 g/mol. The fourth-order valence-corrected chi connectivity index (χ4v) is 7.54. The monoisotopic (exact) mass is 957 g/mol. The van der Waals surface area contributed by atoms with Gasteiger partial charge in [0.1, 0.15) is 13.2 Å². The van der Waals surface area contributed by atoms with E-state index in [2.05, 4.69) is 130 Å². The minimum atomic E-state index is -0.801. The summed E-state index contributed by atoms with van der Waals surface area (Å²) in [7, 11) is 0. The van der Waals surface area contributed by atoms with E-state index in [1.165, 1.54) is 70.6 Å². The molecule has 0 aromatic rings. The molecule has 0 N–H and O–H groups in total. The second-order valence-corrected chi connectivity index (χ2v) is 18.4. The van der Waals surface area contributed by atoms with Gasteiger partial charge in [-0.25, -0.2) is 0 Å². The number of hydrogen-bond donors (Lipinski definition) is 0. The lowest BCUT2D eigenvalue weighted by Gasteiger charge is -2.18. The Morgan fingerprint density at radius 2 is 0.565 bits per heavy atom. The molecule has 392 valence electrons. The minimum Gasteiger partial charge on any atom is -0.462 e. The van der Waals surface area contributed by atoms with Crippen LogP contribution < -0.4 is 0 Å². The minimum absolute atomic E-state index is 0.0965. The highest BCUT2D eigenvalue weighted by molar-refractivity contribution is 5.71. The molecule has 0 bridgehead atoms. The third kappa shape index (κ3) is 54.9. The SMILES string of the molecule is CC/C=C\C/C=C\C/C=C\C/C=C\CCCCCCCCCCCCCCC(=O)OCC(COC(=O)CCCCCCC/C=C\C/C=C\CCC)OC(=O)CCCCC/C=C\C/C=C\C/C=C\CC. The molecule has 0 aromatic heterocycles. The molecule has 0 aliphatic heterocycles. The van der Waals surface area contributed by atoms with Crippen LogP contribution in [-0.2, 0) is 28.6 Å². The number of unbranched alkanes of at least 4 members (excludes halogenated alkanes) is 21. The van der Waals surface area contributed by atoms with E-state index in [0.29, 0.717) is 12.8 Å². The summed E-state index contributed by atoms with van der Waals surface area (Å²) in [6, 6.07) is 0. The van der Waals surface area contributed by atoms with Crippen molar-refractivity contribution in [3.8, 4) is 0 Å². The van der Waals surface area contributed by atoms with Gasteiger partial charge in [-0.15, -0.1) is 0 Å². The summed E-state index contributed by atoms with van der Waals surface area (Å²) >= 11 is 0. The average Bonchev–Trinajstić information content (AvgIpc) is 3.35. The normalized spacial score (nSPS) is 12.9. The quantitative estimate of drug-likeness (QED) is 0.0262. The largest absolute Gasteiger partial charge is 0.462 e. The highest BCUT2D eigenvalue weighted by Crippen LogP contribution is 2.15. The molecule has 1 atom stereocenters. The fourth-order valence-electron chi connectivity index (χ4n) is 7.54. The molecule has 0 fully saturated rings. The zero-order valence-corrected chi connectivity index (χ0v) is 44.8. The van der Waals surface area contributed by atoms with E-state index in [9.17, 15) is 14.4 Å². The number of ether oxygens (including phenoxy) is 3. The van der Waals surface area contributed by atoms with Gasteiger partial charge in [0.25, 0.3) is 0 Å². The number of hydrogen-bond acceptors (Lipinski definition) is 6. The molecule has 0 aliphatic rings. The van der Waals surface area contributed by atoms with Crippen molar-refractivity contribution in [2.75, 3.05) is 13.2 Å². The summed E-state index contributed by atoms with van der Waals surface area (Å²) in [5, 5.41) is 0. The molecule has 69 heavy (non-hydrogen) atoms. The highest BCUT2D eigenvalue weighted by atomic mass is 16.6. The molecular formula is C63H104O6. The lowest BCUT2D eigenvalue weighted by atomic mass is 10.0. The number of carbonyl (C=O) groups excluding carboxylic acids is 3. The van der Waals surface area contributed by atoms with Gasteiger partial charge in [-0.3, -0.25) is 14.4 Å². The van der Waals surface area contributed by atoms with Crippen molar-refractivity contribution in [3.05, 3.63) is 109 Å². The van der Waals surface area contributed by atoms with Gasteiger partial charge in [-0.2, -0.15) is 0 Å². The van der Waals surface area contributed by atoms with Crippen molar-refractivity contribution < 1.29 is 28.6 Å². The number of rotatable bonds is 50. The third-order valence-corrected chi connectivity index (χ3v) is 11.7. The molecule has 0 aromatic carbocycles. The van der Waals surface area contributed by atoms with Gasteiger partial charge in [0.05, 0.1) is 0 Å². The third-order valence-electron chi connectivity index (χ3n) is 11.7. The Hall–Kier alpha value is -3.93. The number of carbonyl (C=O) groups is 3. The van der Waals surface area contributed by atoms with Crippen molar-refractivity contribution in [2.24, 2.45) is 0 Å². The summed E-state index contributed by atoms with van der Waals surface area (Å²) in [6.07, 6.45) is 76.6. The van der Waals surface area contributed by atoms with Crippen molar-refractivity contribution in [2.45, 2.75) is 258 Å². The lowest BCUT2D eigenvalue weighted by molar-refractivity contribution is -0.167. The van der Waals surface area contributed by atoms with Crippen LogP contribution in [0.1, 0.15) is 252 Å². The highest BCUT2D eigenvalue weighted by Gasteiger charge is 2.19. The van der Waals surface area contributed by atoms with E-state index >= 15 is 0 Å². The molecule has 0 radical (unpaired) electrons. The second-order valence-electron chi connectivity index (χ2n) is 18.4. The van der Waals surface area contributed by atoms with E-state index in [1.807, 2.05) is 0 Å². The van der Waals surface area contributed by atoms with E-state index in [4.69, 9.17) is 14.2 Å². The van der Waals surface area contributed by atoms with Gasteiger partial charge in [-0.1, -0.05) is 226 Å². The summed E-state index contributed by atoms with van der Waals surface area (Å²) in [4.78, 5) is 38.1. The standard InChI is InChI=1S/C63H104O6/c1-4-7-10-13-16-19-22-25-26-27-28-29-30-31-32-33-34-35-36-39-41-44-47-50-53-56-62(65)68-59-60(69-63(66)57-54-51-48-45-42-38-24-21-18-15-12-9-6-3)58-67-61(64)55-52-49-46-43-40-37-23-20-17-14-11-8-5-2/h7,9-12,14,16,18-21,23,25-26,28-29,38,42,60H,4-6,8,13,15,17,22,24,27,30-37,39-41,43-59H2,1-3H3/b10-7-,12-9-,14-11-,19-16-,21-18-,23-20-,26-25-,29-28-,42-38-. The van der Waals surface area contributed by atoms with Crippen LogP contribution in [0.15, 0.2) is 109 Å². The van der Waals surface area contributed by atoms with Crippen molar-refractivity contribution in [3.63, 3.8) is 0 Å². The molecule has 0 rings (SSSR count). The summed E-state index contributed by atoms with van der Waals surface area (Å²) in [6.45, 7) is 6.31. The van der Waals surface area contributed by atoms with Gasteiger partial charge in [0.15, 0.2) is 6.10 Å². The molecule has 1 unspecified atom stereocenters. The Morgan fingerprint density at radius 3 is 0.899 bits per heavy atom. The Morgan fingerprint density at radius 1 is 0.304 bits per heavy atom. The van der Waals surface area contributed by atoms with Crippen LogP contribution in [0.4, 0.5) is 0 Å². The Balaban J connectivity index is 4.31. The topological polar surface area (TPSA) is 78.9 Å². The van der Waals surface area contributed by atoms with Crippen molar-refractivity contribution >= 4 is 17.9 Å². The molecule has 0 spiro atoms. The van der Waals surface area contributed by atoms with Crippen LogP contribution in [0, 0.1) is 0 Å². The van der Waals surface area contributed by atoms with Gasteiger partial charge in [0, 0.05) is 19.3 Å². The van der Waals surface area contributed by atoms with Crippen LogP contribution in [0.2, 0.25) is 0 Å². The maximum atomic E-state index is 12.8. The van der Waals surface area contributed by atoms with Gasteiger partial charge < -0.3 is 14.2 Å². The van der Waals surface area contributed by atoms with Crippen LogP contribution in [0.5, 0.6) is 0 Å². The molecule has 0 saturated carbocycles. The predicted octanol–water partition coefficient (Wildman–Crippen LogP) is 19.1.